The van der Waals surface area contributed by atoms with Gasteiger partial charge in [0.15, 0.2) is 5.17 Å². The highest BCUT2D eigenvalue weighted by atomic mass is 32.2. The third-order valence-corrected chi connectivity index (χ3v) is 5.17. The summed E-state index contributed by atoms with van der Waals surface area (Å²) in [6.07, 6.45) is 3.68. The Balaban J connectivity index is 1.64. The largest absolute Gasteiger partial charge is 0.346 e. The van der Waals surface area contributed by atoms with Crippen LogP contribution in [0.1, 0.15) is 22.7 Å². The molecule has 2 aliphatic rings. The Morgan fingerprint density at radius 1 is 1.18 bits per heavy atom. The van der Waals surface area contributed by atoms with Crippen LogP contribution in [0.2, 0.25) is 0 Å². The van der Waals surface area contributed by atoms with Crippen LogP contribution in [-0.2, 0) is 17.8 Å². The van der Waals surface area contributed by atoms with Gasteiger partial charge in [-0.1, -0.05) is 30.3 Å². The fourth-order valence-electron chi connectivity index (χ4n) is 2.92. The molecule has 0 saturated heterocycles. The second kappa shape index (κ2) is 5.57. The number of fused-ring (bicyclic) bond motifs is 2. The van der Waals surface area contributed by atoms with Crippen molar-refractivity contribution in [1.82, 2.24) is 9.88 Å². The van der Waals surface area contributed by atoms with E-state index < -0.39 is 6.04 Å². The van der Waals surface area contributed by atoms with E-state index in [9.17, 15) is 4.79 Å². The molecule has 22 heavy (non-hydrogen) atoms. The Kier molecular flexibility index (Phi) is 3.42. The zero-order valence-electron chi connectivity index (χ0n) is 12.0. The second-order valence-electron chi connectivity index (χ2n) is 5.43. The second-order valence-corrected chi connectivity index (χ2v) is 6.39. The third kappa shape index (κ3) is 2.31. The fraction of sp³-hybridized carbons (Fsp3) is 0.235. The number of rotatable bonds is 1. The maximum atomic E-state index is 11.4. The molecule has 1 atom stereocenters. The molecule has 2 aromatic rings. The van der Waals surface area contributed by atoms with E-state index in [1.54, 1.807) is 18.0 Å². The summed E-state index contributed by atoms with van der Waals surface area (Å²) in [7, 11) is 0. The molecular formula is C17H15N3OS. The van der Waals surface area contributed by atoms with Crippen molar-refractivity contribution >= 4 is 23.2 Å². The number of aldehydes is 1. The summed E-state index contributed by atoms with van der Waals surface area (Å²) >= 11 is 1.56. The van der Waals surface area contributed by atoms with Gasteiger partial charge in [-0.05, 0) is 35.4 Å². The Bertz CT molecular complexity index is 759. The van der Waals surface area contributed by atoms with Crippen LogP contribution in [0.15, 0.2) is 52.6 Å². The molecule has 0 bridgehead atoms. The lowest BCUT2D eigenvalue weighted by Crippen LogP contribution is -2.35. The molecule has 0 amide bonds. The first kappa shape index (κ1) is 13.5. The number of amidine groups is 1. The molecule has 1 aromatic carbocycles. The van der Waals surface area contributed by atoms with Crippen LogP contribution < -0.4 is 0 Å². The molecule has 4 rings (SSSR count). The predicted octanol–water partition coefficient (Wildman–Crippen LogP) is 2.84. The highest BCUT2D eigenvalue weighted by Gasteiger charge is 2.27. The number of thioether (sulfide) groups is 1. The summed E-state index contributed by atoms with van der Waals surface area (Å²) in [5.41, 5.74) is 3.65. The number of pyridine rings is 1. The number of benzene rings is 1. The first-order valence-electron chi connectivity index (χ1n) is 7.33. The number of aliphatic imine (C=N–C) groups is 1. The topological polar surface area (TPSA) is 45.6 Å². The third-order valence-electron chi connectivity index (χ3n) is 4.09. The summed E-state index contributed by atoms with van der Waals surface area (Å²) in [6.45, 7) is 1.77. The average Bonchev–Trinajstić information content (AvgIpc) is 2.60. The van der Waals surface area contributed by atoms with Gasteiger partial charge in [-0.15, -0.1) is 0 Å². The van der Waals surface area contributed by atoms with Crippen molar-refractivity contribution in [2.45, 2.75) is 24.0 Å². The number of hydrogen-bond donors (Lipinski definition) is 0. The van der Waals surface area contributed by atoms with Gasteiger partial charge in [0.25, 0.3) is 0 Å². The summed E-state index contributed by atoms with van der Waals surface area (Å²) in [4.78, 5) is 22.7. The van der Waals surface area contributed by atoms with E-state index >= 15 is 0 Å². The summed E-state index contributed by atoms with van der Waals surface area (Å²) in [5.74, 6) is 0. The minimum absolute atomic E-state index is 0.433. The van der Waals surface area contributed by atoms with Crippen molar-refractivity contribution in [2.75, 3.05) is 6.54 Å². The molecule has 0 aliphatic carbocycles. The number of aromatic nitrogens is 1. The van der Waals surface area contributed by atoms with Gasteiger partial charge in [0, 0.05) is 24.8 Å². The molecule has 0 radical (unpaired) electrons. The van der Waals surface area contributed by atoms with Crippen molar-refractivity contribution in [2.24, 2.45) is 4.99 Å². The Morgan fingerprint density at radius 3 is 2.91 bits per heavy atom. The SMILES string of the molecule is O=CC1N=C(N2CCc3ccccc3C2)Sc2ncccc21. The Hall–Kier alpha value is -2.14. The lowest BCUT2D eigenvalue weighted by Gasteiger charge is -2.33. The molecular weight excluding hydrogens is 294 g/mol. The van der Waals surface area contributed by atoms with Crippen LogP contribution in [0.3, 0.4) is 0 Å². The number of carbonyl (C=O) groups excluding carboxylic acids is 1. The highest BCUT2D eigenvalue weighted by Crippen LogP contribution is 2.35. The normalized spacial score (nSPS) is 19.9. The van der Waals surface area contributed by atoms with E-state index in [4.69, 9.17) is 0 Å². The van der Waals surface area contributed by atoms with Crippen LogP contribution >= 0.6 is 11.8 Å². The number of carbonyl (C=O) groups is 1. The van der Waals surface area contributed by atoms with Crippen LogP contribution in [0, 0.1) is 0 Å². The quantitative estimate of drug-likeness (QED) is 0.760. The van der Waals surface area contributed by atoms with Gasteiger partial charge < -0.3 is 9.69 Å². The van der Waals surface area contributed by atoms with E-state index in [1.807, 2.05) is 12.1 Å². The van der Waals surface area contributed by atoms with Crippen molar-refractivity contribution in [3.63, 3.8) is 0 Å². The first-order valence-corrected chi connectivity index (χ1v) is 8.14. The maximum absolute atomic E-state index is 11.4. The van der Waals surface area contributed by atoms with Gasteiger partial charge in [0.2, 0.25) is 0 Å². The molecule has 2 aliphatic heterocycles. The van der Waals surface area contributed by atoms with Gasteiger partial charge in [-0.3, -0.25) is 0 Å². The van der Waals surface area contributed by atoms with Crippen LogP contribution in [0.4, 0.5) is 0 Å². The number of nitrogens with zero attached hydrogens (tertiary/aromatic N) is 3. The van der Waals surface area contributed by atoms with E-state index in [-0.39, 0.29) is 0 Å². The van der Waals surface area contributed by atoms with Gasteiger partial charge >= 0.3 is 0 Å². The Morgan fingerprint density at radius 2 is 2.05 bits per heavy atom. The van der Waals surface area contributed by atoms with Crippen molar-refractivity contribution in [3.05, 3.63) is 59.3 Å². The van der Waals surface area contributed by atoms with Crippen LogP contribution in [0.25, 0.3) is 0 Å². The minimum Gasteiger partial charge on any atom is -0.346 e. The molecule has 5 heteroatoms. The first-order chi connectivity index (χ1) is 10.8. The minimum atomic E-state index is -0.433. The zero-order chi connectivity index (χ0) is 14.9. The fourth-order valence-corrected chi connectivity index (χ4v) is 3.97. The molecule has 110 valence electrons. The van der Waals surface area contributed by atoms with E-state index in [1.165, 1.54) is 11.1 Å². The van der Waals surface area contributed by atoms with Crippen molar-refractivity contribution in [1.29, 1.82) is 0 Å². The average molecular weight is 309 g/mol. The summed E-state index contributed by atoms with van der Waals surface area (Å²) in [5, 5.41) is 1.79. The van der Waals surface area contributed by atoms with Gasteiger partial charge in [-0.25, -0.2) is 9.98 Å². The lowest BCUT2D eigenvalue weighted by atomic mass is 10.0. The maximum Gasteiger partial charge on any atom is 0.166 e. The van der Waals surface area contributed by atoms with E-state index in [0.717, 1.165) is 41.6 Å². The highest BCUT2D eigenvalue weighted by molar-refractivity contribution is 8.13. The Labute approximate surface area is 133 Å². The molecule has 0 saturated carbocycles. The molecule has 1 aromatic heterocycles. The van der Waals surface area contributed by atoms with Gasteiger partial charge in [0.05, 0.1) is 0 Å². The molecule has 0 fully saturated rings. The number of hydrogen-bond acceptors (Lipinski definition) is 5. The molecule has 0 spiro atoms. The zero-order valence-corrected chi connectivity index (χ0v) is 12.8. The van der Waals surface area contributed by atoms with Crippen LogP contribution in [0.5, 0.6) is 0 Å². The summed E-state index contributed by atoms with van der Waals surface area (Å²) < 4.78 is 0. The monoisotopic (exact) mass is 309 g/mol. The molecule has 4 nitrogen and oxygen atoms in total. The smallest absolute Gasteiger partial charge is 0.166 e. The lowest BCUT2D eigenvalue weighted by molar-refractivity contribution is -0.109. The predicted molar refractivity (Wildman–Crippen MR) is 86.9 cm³/mol. The standard InChI is InChI=1S/C17H15N3OS/c21-11-15-14-6-3-8-18-16(14)22-17(19-15)20-9-7-12-4-1-2-5-13(12)10-20/h1-6,8,11,15H,7,9-10H2. The molecule has 1 unspecified atom stereocenters. The van der Waals surface area contributed by atoms with Crippen molar-refractivity contribution in [3.8, 4) is 0 Å². The van der Waals surface area contributed by atoms with Crippen LogP contribution in [-0.4, -0.2) is 27.9 Å². The molecule has 0 N–H and O–H groups in total. The van der Waals surface area contributed by atoms with E-state index in [2.05, 4.69) is 39.1 Å². The van der Waals surface area contributed by atoms with Gasteiger partial charge in [0.1, 0.15) is 17.4 Å². The summed E-state index contributed by atoms with van der Waals surface area (Å²) in [6, 6.07) is 11.9. The van der Waals surface area contributed by atoms with E-state index in [0.29, 0.717) is 0 Å². The van der Waals surface area contributed by atoms with Gasteiger partial charge in [-0.2, -0.15) is 0 Å². The molecule has 3 heterocycles. The van der Waals surface area contributed by atoms with Crippen molar-refractivity contribution < 1.29 is 4.79 Å².